The number of nitrogens with one attached hydrogen (secondary N) is 1. The molecule has 254 valence electrons. The monoisotopic (exact) mass is 647 g/mol. The number of ether oxygens (including phenoxy) is 1. The Morgan fingerprint density at radius 2 is 1.52 bits per heavy atom. The Hall–Kier alpha value is -3.09. The fourth-order valence-electron chi connectivity index (χ4n) is 4.83. The van der Waals surface area contributed by atoms with Gasteiger partial charge in [-0.3, -0.25) is 9.69 Å². The topological polar surface area (TPSA) is 91.3 Å². The summed E-state index contributed by atoms with van der Waals surface area (Å²) in [5.41, 5.74) is -0.612. The van der Waals surface area contributed by atoms with Crippen LogP contribution >= 0.6 is 0 Å². The maximum atomic E-state index is 14.1. The van der Waals surface area contributed by atoms with Crippen molar-refractivity contribution < 1.29 is 37.2 Å². The third kappa shape index (κ3) is 10.5. The molecule has 46 heavy (non-hydrogen) atoms. The molecule has 0 bridgehead atoms. The van der Waals surface area contributed by atoms with E-state index in [0.29, 0.717) is 31.6 Å². The predicted molar refractivity (Wildman–Crippen MR) is 175 cm³/mol. The zero-order valence-electron chi connectivity index (χ0n) is 28.5. The molecule has 1 heterocycles. The Balaban J connectivity index is 1.60. The molecule has 1 aliphatic heterocycles. The van der Waals surface area contributed by atoms with Crippen molar-refractivity contribution in [3.8, 4) is 0 Å². The summed E-state index contributed by atoms with van der Waals surface area (Å²) in [4.78, 5) is 28.6. The normalized spacial score (nSPS) is 15.8. The van der Waals surface area contributed by atoms with E-state index in [4.69, 9.17) is 9.39 Å². The minimum absolute atomic E-state index is 0.0560. The van der Waals surface area contributed by atoms with E-state index in [-0.39, 0.29) is 35.5 Å². The van der Waals surface area contributed by atoms with Gasteiger partial charge in [0.2, 0.25) is 5.91 Å². The molecule has 12 heteroatoms. The Morgan fingerprint density at radius 3 is 2.04 bits per heavy atom. The van der Waals surface area contributed by atoms with Crippen LogP contribution in [0.3, 0.4) is 0 Å². The summed E-state index contributed by atoms with van der Waals surface area (Å²) in [6, 6.07) is 11.0. The molecule has 1 saturated heterocycles. The Morgan fingerprint density at radius 1 is 0.935 bits per heavy atom. The van der Waals surface area contributed by atoms with Crippen LogP contribution < -0.4 is 10.8 Å². The number of hydrogen-bond acceptors (Lipinski definition) is 6. The zero-order valence-corrected chi connectivity index (χ0v) is 28.5. The summed E-state index contributed by atoms with van der Waals surface area (Å²) in [6.07, 6.45) is -4.99. The molecule has 0 radical (unpaired) electrons. The number of anilines is 1. The molecule has 2 aromatic carbocycles. The summed E-state index contributed by atoms with van der Waals surface area (Å²) >= 11 is 0. The molecule has 1 atom stereocenters. The van der Waals surface area contributed by atoms with E-state index in [1.165, 1.54) is 12.1 Å². The molecule has 1 aliphatic rings. The first kappa shape index (κ1) is 37.4. The van der Waals surface area contributed by atoms with Gasteiger partial charge in [0.1, 0.15) is 5.60 Å². The number of amides is 2. The molecular formula is C34H49BF3N3O5. The lowest BCUT2D eigenvalue weighted by atomic mass is 9.73. The van der Waals surface area contributed by atoms with Gasteiger partial charge in [0.25, 0.3) is 0 Å². The lowest BCUT2D eigenvalue weighted by Gasteiger charge is -2.40. The van der Waals surface area contributed by atoms with Gasteiger partial charge < -0.3 is 24.6 Å². The summed E-state index contributed by atoms with van der Waals surface area (Å²) in [5.74, 6) is -0.634. The molecule has 0 aromatic heterocycles. The van der Waals surface area contributed by atoms with E-state index >= 15 is 0 Å². The van der Waals surface area contributed by atoms with Crippen LogP contribution in [0.2, 0.25) is 0 Å². The van der Waals surface area contributed by atoms with E-state index in [1.807, 2.05) is 58.6 Å². The van der Waals surface area contributed by atoms with E-state index < -0.39 is 42.1 Å². The van der Waals surface area contributed by atoms with E-state index in [0.717, 1.165) is 11.6 Å². The van der Waals surface area contributed by atoms with Gasteiger partial charge in [-0.1, -0.05) is 58.0 Å². The van der Waals surface area contributed by atoms with Crippen molar-refractivity contribution >= 4 is 30.3 Å². The number of nitrogens with zero attached hydrogens (tertiary/aromatic N) is 2. The van der Waals surface area contributed by atoms with Gasteiger partial charge in [-0.25, -0.2) is 4.79 Å². The van der Waals surface area contributed by atoms with Crippen LogP contribution in [0, 0.1) is 5.41 Å². The van der Waals surface area contributed by atoms with Gasteiger partial charge in [-0.05, 0) is 74.7 Å². The first-order valence-electron chi connectivity index (χ1n) is 15.7. The maximum Gasteiger partial charge on any atom is 0.491 e. The van der Waals surface area contributed by atoms with Crippen molar-refractivity contribution in [2.45, 2.75) is 98.6 Å². The summed E-state index contributed by atoms with van der Waals surface area (Å²) < 4.78 is 53.6. The van der Waals surface area contributed by atoms with Crippen molar-refractivity contribution in [2.75, 3.05) is 31.5 Å². The van der Waals surface area contributed by atoms with Crippen molar-refractivity contribution in [3.05, 3.63) is 59.2 Å². The third-order valence-electron chi connectivity index (χ3n) is 8.61. The molecule has 2 aromatic rings. The first-order valence-corrected chi connectivity index (χ1v) is 15.7. The average Bonchev–Trinajstić information content (AvgIpc) is 2.92. The second-order valence-electron chi connectivity index (χ2n) is 14.7. The Labute approximate surface area is 271 Å². The summed E-state index contributed by atoms with van der Waals surface area (Å²) in [5, 5.41) is 13.2. The number of halogens is 3. The highest BCUT2D eigenvalue weighted by Crippen LogP contribution is 2.35. The molecule has 1 fully saturated rings. The number of rotatable bonds is 9. The van der Waals surface area contributed by atoms with Crippen LogP contribution in [0.5, 0.6) is 0 Å². The standard InChI is InChI=1S/C34H49BF3N3O5/c1-23(24-10-13-26(14-11-24)35(44)46-33(8,9)31(2,3)4)20-29(42)39-27-15-12-25(28(21-27)34(36,37)38)22-40-16-18-41(19-17-40)30(43)45-32(5,6)7/h10-15,21,23,44H,16-20,22H2,1-9H3,(H,39,42). The van der Waals surface area contributed by atoms with Crippen molar-refractivity contribution in [1.29, 1.82) is 0 Å². The highest BCUT2D eigenvalue weighted by atomic mass is 19.4. The molecule has 0 saturated carbocycles. The average molecular weight is 648 g/mol. The SMILES string of the molecule is CC(CC(=O)Nc1ccc(CN2CCN(C(=O)OC(C)(C)C)CC2)c(C(F)(F)F)c1)c1ccc(B(O)OC(C)(C)C(C)(C)C)cc1. The minimum atomic E-state index is -4.61. The number of alkyl halides is 3. The minimum Gasteiger partial charge on any atom is -0.444 e. The van der Waals surface area contributed by atoms with Crippen molar-refractivity contribution in [1.82, 2.24) is 9.80 Å². The number of carbonyl (C=O) groups excluding carboxylic acids is 2. The first-order chi connectivity index (χ1) is 21.1. The number of hydrogen-bond donors (Lipinski definition) is 2. The second-order valence-corrected chi connectivity index (χ2v) is 14.7. The second kappa shape index (κ2) is 14.4. The fraction of sp³-hybridized carbons (Fsp3) is 0.588. The lowest BCUT2D eigenvalue weighted by molar-refractivity contribution is -0.138. The third-order valence-corrected chi connectivity index (χ3v) is 8.61. The highest BCUT2D eigenvalue weighted by Gasteiger charge is 2.38. The largest absolute Gasteiger partial charge is 0.491 e. The molecular weight excluding hydrogens is 598 g/mol. The van der Waals surface area contributed by atoms with Crippen LogP contribution in [-0.2, 0) is 26.9 Å². The van der Waals surface area contributed by atoms with Gasteiger partial charge in [0, 0.05) is 44.8 Å². The lowest BCUT2D eigenvalue weighted by Crippen LogP contribution is -2.49. The molecule has 3 rings (SSSR count). The molecule has 0 spiro atoms. The van der Waals surface area contributed by atoms with Crippen LogP contribution in [0.15, 0.2) is 42.5 Å². The number of benzene rings is 2. The van der Waals surface area contributed by atoms with Crippen LogP contribution in [0.25, 0.3) is 0 Å². The van der Waals surface area contributed by atoms with Gasteiger partial charge in [0.05, 0.1) is 11.2 Å². The smallest absolute Gasteiger partial charge is 0.444 e. The van der Waals surface area contributed by atoms with Gasteiger partial charge >= 0.3 is 19.4 Å². The van der Waals surface area contributed by atoms with E-state index in [2.05, 4.69) is 5.32 Å². The maximum absolute atomic E-state index is 14.1. The quantitative estimate of drug-likeness (QED) is 0.306. The molecule has 2 amide bonds. The summed E-state index contributed by atoms with van der Waals surface area (Å²) in [6.45, 7) is 18.8. The Kier molecular flexibility index (Phi) is 11.7. The summed E-state index contributed by atoms with van der Waals surface area (Å²) in [7, 11) is -1.12. The van der Waals surface area contributed by atoms with Crippen LogP contribution in [0.1, 0.15) is 91.3 Å². The van der Waals surface area contributed by atoms with Gasteiger partial charge in [-0.2, -0.15) is 13.2 Å². The van der Waals surface area contributed by atoms with Gasteiger partial charge in [-0.15, -0.1) is 0 Å². The Bertz CT molecular complexity index is 1350. The fourth-order valence-corrected chi connectivity index (χ4v) is 4.83. The van der Waals surface area contributed by atoms with Crippen LogP contribution in [0.4, 0.5) is 23.7 Å². The molecule has 2 N–H and O–H groups in total. The molecule has 8 nitrogen and oxygen atoms in total. The predicted octanol–water partition coefficient (Wildman–Crippen LogP) is 6.42. The number of piperazine rings is 1. The zero-order chi connectivity index (χ0) is 34.7. The van der Waals surface area contributed by atoms with Crippen molar-refractivity contribution in [3.63, 3.8) is 0 Å². The van der Waals surface area contributed by atoms with Crippen molar-refractivity contribution in [2.24, 2.45) is 5.41 Å². The van der Waals surface area contributed by atoms with E-state index in [1.54, 1.807) is 37.8 Å². The van der Waals surface area contributed by atoms with Crippen LogP contribution in [-0.4, -0.2) is 71.3 Å². The number of carbonyl (C=O) groups is 2. The molecule has 1 unspecified atom stereocenters. The highest BCUT2D eigenvalue weighted by molar-refractivity contribution is 6.60. The molecule has 0 aliphatic carbocycles. The van der Waals surface area contributed by atoms with E-state index in [9.17, 15) is 27.8 Å². The van der Waals surface area contributed by atoms with Gasteiger partial charge in [0.15, 0.2) is 0 Å².